The first kappa shape index (κ1) is 15.7. The molecule has 21 heavy (non-hydrogen) atoms. The predicted molar refractivity (Wildman–Crippen MR) is 78.3 cm³/mol. The van der Waals surface area contributed by atoms with E-state index in [1.807, 2.05) is 0 Å². The second-order valence-corrected chi connectivity index (χ2v) is 6.57. The van der Waals surface area contributed by atoms with Gasteiger partial charge in [-0.05, 0) is 27.7 Å². The van der Waals surface area contributed by atoms with Crippen molar-refractivity contribution >= 4 is 17.7 Å². The average molecular weight is 293 g/mol. The van der Waals surface area contributed by atoms with Gasteiger partial charge >= 0.3 is 0 Å². The summed E-state index contributed by atoms with van der Waals surface area (Å²) in [6.45, 7) is 9.99. The Kier molecular flexibility index (Phi) is 3.93. The van der Waals surface area contributed by atoms with Crippen LogP contribution in [0.4, 0.5) is 0 Å². The number of amides is 3. The summed E-state index contributed by atoms with van der Waals surface area (Å²) in [6, 6.07) is 0. The van der Waals surface area contributed by atoms with E-state index in [4.69, 9.17) is 0 Å². The largest absolute Gasteiger partial charge is 0.340 e. The van der Waals surface area contributed by atoms with Crippen LogP contribution in [0.25, 0.3) is 0 Å². The van der Waals surface area contributed by atoms with Crippen LogP contribution >= 0.6 is 0 Å². The van der Waals surface area contributed by atoms with Gasteiger partial charge in [-0.15, -0.1) is 0 Å². The van der Waals surface area contributed by atoms with Crippen molar-refractivity contribution < 1.29 is 14.4 Å². The number of imide groups is 1. The molecule has 1 N–H and O–H groups in total. The molecule has 0 unspecified atom stereocenters. The van der Waals surface area contributed by atoms with E-state index in [1.165, 1.54) is 17.1 Å². The Bertz CT molecular complexity index is 484. The zero-order valence-corrected chi connectivity index (χ0v) is 13.1. The molecule has 116 valence electrons. The topological polar surface area (TPSA) is 69.7 Å². The molecule has 6 nitrogen and oxygen atoms in total. The highest BCUT2D eigenvalue weighted by atomic mass is 16.2. The van der Waals surface area contributed by atoms with Crippen molar-refractivity contribution in [2.75, 3.05) is 26.2 Å². The number of piperazine rings is 1. The van der Waals surface area contributed by atoms with Crippen LogP contribution in [-0.4, -0.2) is 59.2 Å². The summed E-state index contributed by atoms with van der Waals surface area (Å²) >= 11 is 0. The van der Waals surface area contributed by atoms with Crippen LogP contribution in [0.5, 0.6) is 0 Å². The lowest BCUT2D eigenvalue weighted by atomic mass is 9.72. The Hall–Kier alpha value is -1.69. The molecule has 0 radical (unpaired) electrons. The molecule has 0 aromatic heterocycles. The molecular weight excluding hydrogens is 270 g/mol. The maximum atomic E-state index is 12.9. The van der Waals surface area contributed by atoms with Crippen LogP contribution in [-0.2, 0) is 14.4 Å². The number of carbonyl (C=O) groups is 3. The summed E-state index contributed by atoms with van der Waals surface area (Å²) < 4.78 is 0. The van der Waals surface area contributed by atoms with Gasteiger partial charge in [-0.25, -0.2) is 0 Å². The molecule has 0 bridgehead atoms. The van der Waals surface area contributed by atoms with E-state index in [0.717, 1.165) is 13.1 Å². The number of nitrogens with zero attached hydrogens (tertiary/aromatic N) is 2. The first-order valence-electron chi connectivity index (χ1n) is 7.26. The molecule has 2 heterocycles. The van der Waals surface area contributed by atoms with Gasteiger partial charge in [0.2, 0.25) is 5.91 Å². The van der Waals surface area contributed by atoms with E-state index >= 15 is 0 Å². The fourth-order valence-electron chi connectivity index (χ4n) is 2.76. The molecule has 6 heteroatoms. The predicted octanol–water partition coefficient (Wildman–Crippen LogP) is 0.148. The highest BCUT2D eigenvalue weighted by molar-refractivity contribution is 6.13. The summed E-state index contributed by atoms with van der Waals surface area (Å²) in [7, 11) is 0. The molecule has 0 atom stereocenters. The van der Waals surface area contributed by atoms with Crippen molar-refractivity contribution in [2.24, 2.45) is 5.41 Å². The van der Waals surface area contributed by atoms with Gasteiger partial charge in [0.15, 0.2) is 0 Å². The average Bonchev–Trinajstić information content (AvgIpc) is 2.78. The van der Waals surface area contributed by atoms with Gasteiger partial charge in [0.05, 0.1) is 11.0 Å². The molecule has 1 saturated heterocycles. The summed E-state index contributed by atoms with van der Waals surface area (Å²) in [5.74, 6) is -0.737. The molecule has 2 rings (SSSR count). The standard InChI is InChI=1S/C15H23N3O3/c1-14(2,13(21)17-9-7-16-8-10-17)15(3,4)18-11(19)5-6-12(18)20/h5-6,16H,7-10H2,1-4H3. The van der Waals surface area contributed by atoms with E-state index in [0.29, 0.717) is 13.1 Å². The third-order valence-electron chi connectivity index (χ3n) is 4.84. The first-order chi connectivity index (χ1) is 9.69. The lowest BCUT2D eigenvalue weighted by molar-refractivity contribution is -0.157. The van der Waals surface area contributed by atoms with Crippen molar-refractivity contribution in [2.45, 2.75) is 33.2 Å². The SMILES string of the molecule is CC(C)(C(=O)N1CCNCC1)C(C)(C)N1C(=O)C=CC1=O. The second-order valence-electron chi connectivity index (χ2n) is 6.57. The minimum absolute atomic E-state index is 0.0264. The minimum Gasteiger partial charge on any atom is -0.340 e. The van der Waals surface area contributed by atoms with Gasteiger partial charge < -0.3 is 10.2 Å². The minimum atomic E-state index is -0.896. The normalized spacial score (nSPS) is 20.4. The molecule has 2 aliphatic rings. The van der Waals surface area contributed by atoms with Gasteiger partial charge in [0.1, 0.15) is 0 Å². The maximum absolute atomic E-state index is 12.9. The van der Waals surface area contributed by atoms with E-state index in [9.17, 15) is 14.4 Å². The first-order valence-corrected chi connectivity index (χ1v) is 7.26. The molecule has 0 aliphatic carbocycles. The number of nitrogens with one attached hydrogen (secondary N) is 1. The monoisotopic (exact) mass is 293 g/mol. The molecule has 0 saturated carbocycles. The Balaban J connectivity index is 2.26. The zero-order chi connectivity index (χ0) is 15.8. The van der Waals surface area contributed by atoms with Crippen LogP contribution in [0.3, 0.4) is 0 Å². The Morgan fingerprint density at radius 2 is 1.52 bits per heavy atom. The summed E-state index contributed by atoms with van der Waals surface area (Å²) in [5, 5.41) is 3.21. The summed E-state index contributed by atoms with van der Waals surface area (Å²) in [4.78, 5) is 39.8. The molecule has 3 amide bonds. The fraction of sp³-hybridized carbons (Fsp3) is 0.667. The van der Waals surface area contributed by atoms with Gasteiger partial charge in [-0.1, -0.05) is 0 Å². The molecule has 0 aromatic rings. The highest BCUT2D eigenvalue weighted by Gasteiger charge is 2.52. The van der Waals surface area contributed by atoms with E-state index in [2.05, 4.69) is 5.32 Å². The van der Waals surface area contributed by atoms with Crippen molar-refractivity contribution in [3.63, 3.8) is 0 Å². The smallest absolute Gasteiger partial charge is 0.254 e. The lowest BCUT2D eigenvalue weighted by Crippen LogP contribution is -2.63. The van der Waals surface area contributed by atoms with Crippen LogP contribution in [0.2, 0.25) is 0 Å². The van der Waals surface area contributed by atoms with Gasteiger partial charge in [0, 0.05) is 38.3 Å². The molecular formula is C15H23N3O3. The number of hydrogen-bond donors (Lipinski definition) is 1. The van der Waals surface area contributed by atoms with Crippen LogP contribution < -0.4 is 5.32 Å². The lowest BCUT2D eigenvalue weighted by Gasteiger charge is -2.47. The summed E-state index contributed by atoms with van der Waals surface area (Å²) in [5.41, 5.74) is -1.76. The molecule has 0 aromatic carbocycles. The number of hydrogen-bond acceptors (Lipinski definition) is 4. The van der Waals surface area contributed by atoms with E-state index in [-0.39, 0.29) is 17.7 Å². The van der Waals surface area contributed by atoms with Crippen LogP contribution in [0.15, 0.2) is 12.2 Å². The zero-order valence-electron chi connectivity index (χ0n) is 13.1. The van der Waals surface area contributed by atoms with Crippen molar-refractivity contribution in [1.82, 2.24) is 15.1 Å². The quantitative estimate of drug-likeness (QED) is 0.752. The third kappa shape index (κ3) is 2.48. The van der Waals surface area contributed by atoms with Gasteiger partial charge in [0.25, 0.3) is 11.8 Å². The van der Waals surface area contributed by atoms with E-state index in [1.54, 1.807) is 32.6 Å². The maximum Gasteiger partial charge on any atom is 0.254 e. The second kappa shape index (κ2) is 5.26. The third-order valence-corrected chi connectivity index (χ3v) is 4.84. The van der Waals surface area contributed by atoms with Crippen LogP contribution in [0, 0.1) is 5.41 Å². The van der Waals surface area contributed by atoms with E-state index < -0.39 is 11.0 Å². The fourth-order valence-corrected chi connectivity index (χ4v) is 2.76. The van der Waals surface area contributed by atoms with Gasteiger partial charge in [-0.3, -0.25) is 19.3 Å². The molecule has 1 fully saturated rings. The Morgan fingerprint density at radius 3 is 2.00 bits per heavy atom. The number of carbonyl (C=O) groups excluding carboxylic acids is 3. The Labute approximate surface area is 125 Å². The summed E-state index contributed by atoms with van der Waals surface area (Å²) in [6.07, 6.45) is 2.52. The van der Waals surface area contributed by atoms with Crippen molar-refractivity contribution in [1.29, 1.82) is 0 Å². The van der Waals surface area contributed by atoms with Crippen molar-refractivity contribution in [3.05, 3.63) is 12.2 Å². The molecule has 0 spiro atoms. The highest BCUT2D eigenvalue weighted by Crippen LogP contribution is 2.39. The Morgan fingerprint density at radius 1 is 1.05 bits per heavy atom. The molecule has 2 aliphatic heterocycles. The van der Waals surface area contributed by atoms with Gasteiger partial charge in [-0.2, -0.15) is 0 Å². The van der Waals surface area contributed by atoms with Crippen molar-refractivity contribution in [3.8, 4) is 0 Å². The number of rotatable bonds is 3. The van der Waals surface area contributed by atoms with Crippen LogP contribution in [0.1, 0.15) is 27.7 Å².